The molecule has 0 radical (unpaired) electrons. The third kappa shape index (κ3) is 2.88. The lowest BCUT2D eigenvalue weighted by molar-refractivity contribution is 0.556. The van der Waals surface area contributed by atoms with E-state index in [2.05, 4.69) is 16.5 Å². The van der Waals surface area contributed by atoms with Crippen molar-refractivity contribution in [1.29, 1.82) is 0 Å². The third-order valence-corrected chi connectivity index (χ3v) is 4.64. The third-order valence-electron chi connectivity index (χ3n) is 4.64. The smallest absolute Gasteiger partial charge is 0.336 e. The highest BCUT2D eigenvalue weighted by Crippen LogP contribution is 2.25. The molecule has 0 fully saturated rings. The maximum absolute atomic E-state index is 12.0. The summed E-state index contributed by atoms with van der Waals surface area (Å²) < 4.78 is 7.26. The Morgan fingerprint density at radius 2 is 1.96 bits per heavy atom. The van der Waals surface area contributed by atoms with Crippen LogP contribution in [0.1, 0.15) is 16.7 Å². The van der Waals surface area contributed by atoms with E-state index in [4.69, 9.17) is 4.42 Å². The molecule has 26 heavy (non-hydrogen) atoms. The molecule has 0 amide bonds. The van der Waals surface area contributed by atoms with E-state index in [0.717, 1.165) is 33.5 Å². The Morgan fingerprint density at radius 1 is 1.12 bits per heavy atom. The van der Waals surface area contributed by atoms with Gasteiger partial charge in [0.05, 0.1) is 11.4 Å². The lowest BCUT2D eigenvalue weighted by Crippen LogP contribution is -2.08. The van der Waals surface area contributed by atoms with Gasteiger partial charge in [0, 0.05) is 30.4 Å². The summed E-state index contributed by atoms with van der Waals surface area (Å²) >= 11 is 0. The molecule has 2 heterocycles. The molecule has 5 nitrogen and oxygen atoms in total. The van der Waals surface area contributed by atoms with Crippen molar-refractivity contribution in [2.45, 2.75) is 20.4 Å². The van der Waals surface area contributed by atoms with Crippen molar-refractivity contribution in [1.82, 2.24) is 9.78 Å². The van der Waals surface area contributed by atoms with Gasteiger partial charge in [-0.05, 0) is 48.7 Å². The van der Waals surface area contributed by atoms with Crippen molar-refractivity contribution >= 4 is 16.7 Å². The summed E-state index contributed by atoms with van der Waals surface area (Å²) in [5, 5.41) is 8.68. The molecule has 0 aliphatic carbocycles. The maximum Gasteiger partial charge on any atom is 0.336 e. The molecule has 0 bridgehead atoms. The fourth-order valence-electron chi connectivity index (χ4n) is 3.10. The van der Waals surface area contributed by atoms with Gasteiger partial charge in [-0.25, -0.2) is 9.48 Å². The van der Waals surface area contributed by atoms with Crippen LogP contribution < -0.4 is 10.9 Å². The Labute approximate surface area is 150 Å². The largest absolute Gasteiger partial charge is 0.422 e. The van der Waals surface area contributed by atoms with Crippen molar-refractivity contribution in [3.63, 3.8) is 0 Å². The molecule has 2 aromatic heterocycles. The van der Waals surface area contributed by atoms with Crippen molar-refractivity contribution in [3.05, 3.63) is 88.0 Å². The predicted octanol–water partition coefficient (Wildman–Crippen LogP) is 4.21. The average Bonchev–Trinajstić information content (AvgIpc) is 3.18. The summed E-state index contributed by atoms with van der Waals surface area (Å²) in [6, 6.07) is 15.5. The molecule has 1 N–H and O–H groups in total. The summed E-state index contributed by atoms with van der Waals surface area (Å²) in [7, 11) is 0. The van der Waals surface area contributed by atoms with Gasteiger partial charge in [0.2, 0.25) is 0 Å². The van der Waals surface area contributed by atoms with Crippen molar-refractivity contribution in [3.8, 4) is 5.69 Å². The van der Waals surface area contributed by atoms with Gasteiger partial charge >= 0.3 is 5.63 Å². The Bertz CT molecular complexity index is 1130. The summed E-state index contributed by atoms with van der Waals surface area (Å²) in [6.07, 6.45) is 3.65. The first-order valence-electron chi connectivity index (χ1n) is 8.49. The number of aryl methyl sites for hydroxylation is 2. The predicted molar refractivity (Wildman–Crippen MR) is 103 cm³/mol. The lowest BCUT2D eigenvalue weighted by Gasteiger charge is -2.13. The van der Waals surface area contributed by atoms with Crippen LogP contribution in [0.4, 0.5) is 5.69 Å². The molecule has 4 rings (SSSR count). The molecular weight excluding hydrogens is 326 g/mol. The van der Waals surface area contributed by atoms with Gasteiger partial charge in [-0.3, -0.25) is 0 Å². The maximum atomic E-state index is 12.0. The molecule has 0 atom stereocenters. The molecule has 4 aromatic rings. The minimum Gasteiger partial charge on any atom is -0.422 e. The van der Waals surface area contributed by atoms with E-state index in [0.29, 0.717) is 12.1 Å². The number of nitrogens with one attached hydrogen (secondary N) is 1. The van der Waals surface area contributed by atoms with Gasteiger partial charge in [-0.1, -0.05) is 24.3 Å². The number of rotatable bonds is 4. The normalized spacial score (nSPS) is 11.0. The average molecular weight is 345 g/mol. The second kappa shape index (κ2) is 6.52. The van der Waals surface area contributed by atoms with E-state index in [1.807, 2.05) is 61.1 Å². The molecule has 0 saturated heterocycles. The molecule has 2 aromatic carbocycles. The standard InChI is InChI=1S/C21H19N3O2/c1-14-8-9-17-16(12-20(25)26-21(17)15(14)2)13-22-18-6-3-4-7-19(18)24-11-5-10-23-24/h3-12,22H,13H2,1-2H3. The monoisotopic (exact) mass is 345 g/mol. The van der Waals surface area contributed by atoms with Gasteiger partial charge in [0.1, 0.15) is 5.58 Å². The number of benzene rings is 2. The zero-order valence-electron chi connectivity index (χ0n) is 14.7. The van der Waals surface area contributed by atoms with E-state index in [1.54, 1.807) is 12.3 Å². The van der Waals surface area contributed by atoms with Crippen LogP contribution in [0.2, 0.25) is 0 Å². The highest BCUT2D eigenvalue weighted by Gasteiger charge is 2.10. The van der Waals surface area contributed by atoms with E-state index in [-0.39, 0.29) is 5.63 Å². The summed E-state index contributed by atoms with van der Waals surface area (Å²) in [5.41, 5.74) is 5.25. The van der Waals surface area contributed by atoms with Crippen LogP contribution in [0, 0.1) is 13.8 Å². The highest BCUT2D eigenvalue weighted by atomic mass is 16.4. The fourth-order valence-corrected chi connectivity index (χ4v) is 3.10. The van der Waals surface area contributed by atoms with Gasteiger partial charge < -0.3 is 9.73 Å². The van der Waals surface area contributed by atoms with Crippen LogP contribution in [-0.2, 0) is 6.54 Å². The van der Waals surface area contributed by atoms with Gasteiger partial charge in [0.25, 0.3) is 0 Å². The Hall–Kier alpha value is -3.34. The number of nitrogens with zero attached hydrogens (tertiary/aromatic N) is 2. The lowest BCUT2D eigenvalue weighted by atomic mass is 10.0. The van der Waals surface area contributed by atoms with Gasteiger partial charge in [-0.15, -0.1) is 0 Å². The minimum atomic E-state index is -0.330. The number of anilines is 1. The highest BCUT2D eigenvalue weighted by molar-refractivity contribution is 5.84. The SMILES string of the molecule is Cc1ccc2c(CNc3ccccc3-n3cccn3)cc(=O)oc2c1C. The minimum absolute atomic E-state index is 0.330. The van der Waals surface area contributed by atoms with Gasteiger partial charge in [0.15, 0.2) is 0 Å². The molecule has 130 valence electrons. The summed E-state index contributed by atoms with van der Waals surface area (Å²) in [6.45, 7) is 4.51. The first-order valence-corrected chi connectivity index (χ1v) is 8.49. The molecule has 5 heteroatoms. The molecule has 0 aliphatic heterocycles. The topological polar surface area (TPSA) is 60.1 Å². The van der Waals surface area contributed by atoms with Crippen LogP contribution in [-0.4, -0.2) is 9.78 Å². The van der Waals surface area contributed by atoms with Crippen LogP contribution in [0.3, 0.4) is 0 Å². The molecule has 0 unspecified atom stereocenters. The second-order valence-electron chi connectivity index (χ2n) is 6.30. The van der Waals surface area contributed by atoms with E-state index in [9.17, 15) is 4.79 Å². The zero-order chi connectivity index (χ0) is 18.1. The first kappa shape index (κ1) is 16.1. The summed E-state index contributed by atoms with van der Waals surface area (Å²) in [4.78, 5) is 12.0. The summed E-state index contributed by atoms with van der Waals surface area (Å²) in [5.74, 6) is 0. The van der Waals surface area contributed by atoms with E-state index < -0.39 is 0 Å². The number of hydrogen-bond acceptors (Lipinski definition) is 4. The molecular formula is C21H19N3O2. The van der Waals surface area contributed by atoms with E-state index in [1.165, 1.54) is 0 Å². The first-order chi connectivity index (χ1) is 12.6. The Morgan fingerprint density at radius 3 is 2.77 bits per heavy atom. The zero-order valence-corrected chi connectivity index (χ0v) is 14.7. The van der Waals surface area contributed by atoms with Gasteiger partial charge in [-0.2, -0.15) is 5.10 Å². The number of fused-ring (bicyclic) bond motifs is 1. The van der Waals surface area contributed by atoms with Crippen LogP contribution in [0.25, 0.3) is 16.7 Å². The van der Waals surface area contributed by atoms with E-state index >= 15 is 0 Å². The Balaban J connectivity index is 1.72. The molecule has 0 saturated carbocycles. The quantitative estimate of drug-likeness (QED) is 0.563. The number of para-hydroxylation sites is 2. The van der Waals surface area contributed by atoms with Crippen molar-refractivity contribution in [2.24, 2.45) is 0 Å². The fraction of sp³-hybridized carbons (Fsp3) is 0.143. The molecule has 0 spiro atoms. The van der Waals surface area contributed by atoms with Crippen molar-refractivity contribution < 1.29 is 4.42 Å². The van der Waals surface area contributed by atoms with Crippen molar-refractivity contribution in [2.75, 3.05) is 5.32 Å². The number of aromatic nitrogens is 2. The van der Waals surface area contributed by atoms with Crippen LogP contribution >= 0.6 is 0 Å². The Kier molecular flexibility index (Phi) is 4.05. The van der Waals surface area contributed by atoms with Crippen LogP contribution in [0.5, 0.6) is 0 Å². The molecule has 0 aliphatic rings. The van der Waals surface area contributed by atoms with Crippen LogP contribution in [0.15, 0.2) is 70.1 Å². The second-order valence-corrected chi connectivity index (χ2v) is 6.30. The number of hydrogen-bond donors (Lipinski definition) is 1.